The van der Waals surface area contributed by atoms with E-state index in [2.05, 4.69) is 60.4 Å². The molecule has 1 fully saturated rings. The number of benzene rings is 3. The monoisotopic (exact) mass is 439 g/mol. The molecule has 6 heteroatoms. The molecule has 2 unspecified atom stereocenters. The second kappa shape index (κ2) is 10.2. The molecule has 1 heterocycles. The lowest BCUT2D eigenvalue weighted by molar-refractivity contribution is 0.144. The first kappa shape index (κ1) is 23.2. The highest BCUT2D eigenvalue weighted by atomic mass is 32.2. The van der Waals surface area contributed by atoms with Crippen molar-refractivity contribution in [3.05, 3.63) is 102 Å². The third kappa shape index (κ3) is 6.24. The molecule has 5 nitrogen and oxygen atoms in total. The van der Waals surface area contributed by atoms with Crippen molar-refractivity contribution < 1.29 is 18.1 Å². The lowest BCUT2D eigenvalue weighted by Gasteiger charge is -2.28. The second-order valence-electron chi connectivity index (χ2n) is 8.01. The van der Waals surface area contributed by atoms with Crippen molar-refractivity contribution in [1.82, 2.24) is 4.90 Å². The zero-order valence-corrected chi connectivity index (χ0v) is 18.6. The highest BCUT2D eigenvalue weighted by Crippen LogP contribution is 2.33. The summed E-state index contributed by atoms with van der Waals surface area (Å²) in [4.78, 5) is 2.32. The summed E-state index contributed by atoms with van der Waals surface area (Å²) in [5, 5.41) is 10.1. The van der Waals surface area contributed by atoms with Crippen LogP contribution in [0.4, 0.5) is 0 Å². The molecule has 3 aromatic rings. The third-order valence-corrected chi connectivity index (χ3v) is 6.38. The Kier molecular flexibility index (Phi) is 7.62. The SMILES string of the molecule is CC1CN(C(c2ccccc2)c2ccccc2)CC1O.Cc1ccc(S(=O)(=O)O)cc1. The van der Waals surface area contributed by atoms with E-state index in [4.69, 9.17) is 4.55 Å². The highest BCUT2D eigenvalue weighted by Gasteiger charge is 2.33. The van der Waals surface area contributed by atoms with Crippen molar-refractivity contribution in [2.45, 2.75) is 30.9 Å². The van der Waals surface area contributed by atoms with Crippen molar-refractivity contribution in [2.75, 3.05) is 13.1 Å². The molecule has 2 atom stereocenters. The van der Waals surface area contributed by atoms with Gasteiger partial charge in [0.1, 0.15) is 0 Å². The number of hydrogen-bond acceptors (Lipinski definition) is 4. The topological polar surface area (TPSA) is 77.8 Å². The summed E-state index contributed by atoms with van der Waals surface area (Å²) in [5.41, 5.74) is 3.54. The van der Waals surface area contributed by atoms with Gasteiger partial charge >= 0.3 is 0 Å². The maximum absolute atomic E-state index is 10.5. The number of aryl methyl sites for hydroxylation is 1. The van der Waals surface area contributed by atoms with Crippen molar-refractivity contribution in [3.63, 3.8) is 0 Å². The molecule has 0 aliphatic carbocycles. The zero-order chi connectivity index (χ0) is 22.4. The van der Waals surface area contributed by atoms with Crippen LogP contribution in [-0.2, 0) is 10.1 Å². The average Bonchev–Trinajstić information content (AvgIpc) is 3.08. The molecule has 0 aromatic heterocycles. The van der Waals surface area contributed by atoms with Gasteiger partial charge in [0.15, 0.2) is 0 Å². The zero-order valence-electron chi connectivity index (χ0n) is 17.8. The minimum Gasteiger partial charge on any atom is -0.391 e. The van der Waals surface area contributed by atoms with Crippen molar-refractivity contribution in [2.24, 2.45) is 5.92 Å². The smallest absolute Gasteiger partial charge is 0.294 e. The molecule has 3 aromatic carbocycles. The summed E-state index contributed by atoms with van der Waals surface area (Å²) in [6.07, 6.45) is -0.218. The van der Waals surface area contributed by atoms with E-state index in [9.17, 15) is 13.5 Å². The van der Waals surface area contributed by atoms with Gasteiger partial charge < -0.3 is 5.11 Å². The normalized spacial score (nSPS) is 19.1. The first-order valence-corrected chi connectivity index (χ1v) is 11.8. The Labute approximate surface area is 184 Å². The average molecular weight is 440 g/mol. The third-order valence-electron chi connectivity index (χ3n) is 5.52. The van der Waals surface area contributed by atoms with E-state index in [1.165, 1.54) is 23.3 Å². The van der Waals surface area contributed by atoms with Crippen LogP contribution in [0.5, 0.6) is 0 Å². The molecule has 1 saturated heterocycles. The van der Waals surface area contributed by atoms with Crippen LogP contribution >= 0.6 is 0 Å². The van der Waals surface area contributed by atoms with Gasteiger partial charge in [-0.05, 0) is 36.1 Å². The Balaban J connectivity index is 0.000000210. The Morgan fingerprint density at radius 3 is 1.71 bits per heavy atom. The van der Waals surface area contributed by atoms with E-state index in [-0.39, 0.29) is 17.0 Å². The predicted octanol–water partition coefficient (Wildman–Crippen LogP) is 4.33. The van der Waals surface area contributed by atoms with E-state index in [0.29, 0.717) is 5.92 Å². The van der Waals surface area contributed by atoms with Crippen LogP contribution in [0.25, 0.3) is 0 Å². The summed E-state index contributed by atoms with van der Waals surface area (Å²) < 4.78 is 29.6. The maximum Gasteiger partial charge on any atom is 0.294 e. The van der Waals surface area contributed by atoms with Gasteiger partial charge in [-0.2, -0.15) is 8.42 Å². The first-order chi connectivity index (χ1) is 14.8. The fourth-order valence-electron chi connectivity index (χ4n) is 3.79. The molecule has 1 aliphatic rings. The minimum absolute atomic E-state index is 0.0666. The lowest BCUT2D eigenvalue weighted by Crippen LogP contribution is -2.28. The summed E-state index contributed by atoms with van der Waals surface area (Å²) in [5.74, 6) is 0.338. The standard InChI is InChI=1S/C18H21NO.C7H8O3S/c1-14-12-19(13-17(14)20)18(15-8-4-2-5-9-15)16-10-6-3-7-11-16;1-6-2-4-7(5-3-6)11(8,9)10/h2-11,14,17-18,20H,12-13H2,1H3;2-5H,1H3,(H,8,9,10). The van der Waals surface area contributed by atoms with E-state index in [0.717, 1.165) is 18.7 Å². The molecule has 164 valence electrons. The number of aliphatic hydroxyl groups is 1. The Bertz CT molecular complexity index is 1000. The maximum atomic E-state index is 10.5. The molecule has 0 bridgehead atoms. The van der Waals surface area contributed by atoms with Gasteiger partial charge in [0.25, 0.3) is 10.1 Å². The van der Waals surface area contributed by atoms with E-state index >= 15 is 0 Å². The van der Waals surface area contributed by atoms with Gasteiger partial charge in [-0.25, -0.2) is 0 Å². The molecule has 4 rings (SSSR count). The minimum atomic E-state index is -4.02. The number of hydrogen-bond donors (Lipinski definition) is 2. The van der Waals surface area contributed by atoms with Gasteiger partial charge in [0.05, 0.1) is 17.0 Å². The number of rotatable bonds is 4. The summed E-state index contributed by atoms with van der Waals surface area (Å²) in [7, 11) is -4.02. The molecular formula is C25H29NO4S. The molecule has 0 amide bonds. The number of β-amino-alcohol motifs (C(OH)–C–C–N with tert-alkyl or cyclic N) is 1. The van der Waals surface area contributed by atoms with Crippen LogP contribution in [0.3, 0.4) is 0 Å². The molecule has 0 radical (unpaired) electrons. The summed E-state index contributed by atoms with van der Waals surface area (Å²) in [6, 6.07) is 27.4. The Morgan fingerprint density at radius 2 is 1.32 bits per heavy atom. The van der Waals surface area contributed by atoms with Gasteiger partial charge in [0, 0.05) is 13.1 Å². The number of likely N-dealkylation sites (tertiary alicyclic amines) is 1. The quantitative estimate of drug-likeness (QED) is 0.592. The Morgan fingerprint density at radius 1 is 0.839 bits per heavy atom. The Hall–Kier alpha value is -2.51. The van der Waals surface area contributed by atoms with Crippen LogP contribution in [0.15, 0.2) is 89.8 Å². The van der Waals surface area contributed by atoms with E-state index in [1.807, 2.05) is 19.1 Å². The predicted molar refractivity (Wildman–Crippen MR) is 122 cm³/mol. The second-order valence-corrected chi connectivity index (χ2v) is 9.43. The molecule has 1 aliphatic heterocycles. The van der Waals surface area contributed by atoms with Crippen LogP contribution in [-0.4, -0.2) is 42.2 Å². The van der Waals surface area contributed by atoms with Crippen molar-refractivity contribution >= 4 is 10.1 Å². The van der Waals surface area contributed by atoms with Gasteiger partial charge in [-0.15, -0.1) is 0 Å². The molecule has 0 spiro atoms. The first-order valence-electron chi connectivity index (χ1n) is 10.3. The fourth-order valence-corrected chi connectivity index (χ4v) is 4.27. The largest absolute Gasteiger partial charge is 0.391 e. The summed E-state index contributed by atoms with van der Waals surface area (Å²) in [6.45, 7) is 5.65. The molecular weight excluding hydrogens is 410 g/mol. The summed E-state index contributed by atoms with van der Waals surface area (Å²) >= 11 is 0. The van der Waals surface area contributed by atoms with Crippen molar-refractivity contribution in [1.29, 1.82) is 0 Å². The number of nitrogens with zero attached hydrogens (tertiary/aromatic N) is 1. The van der Waals surface area contributed by atoms with Gasteiger partial charge in [-0.1, -0.05) is 85.3 Å². The van der Waals surface area contributed by atoms with Crippen molar-refractivity contribution in [3.8, 4) is 0 Å². The highest BCUT2D eigenvalue weighted by molar-refractivity contribution is 7.85. The molecule has 31 heavy (non-hydrogen) atoms. The lowest BCUT2D eigenvalue weighted by atomic mass is 9.97. The van der Waals surface area contributed by atoms with Gasteiger partial charge in [-0.3, -0.25) is 9.45 Å². The number of aliphatic hydroxyl groups excluding tert-OH is 1. The molecule has 2 N–H and O–H groups in total. The fraction of sp³-hybridized carbons (Fsp3) is 0.280. The van der Waals surface area contributed by atoms with Crippen LogP contribution in [0.2, 0.25) is 0 Å². The van der Waals surface area contributed by atoms with Crippen LogP contribution in [0.1, 0.15) is 29.7 Å². The van der Waals surface area contributed by atoms with E-state index in [1.54, 1.807) is 12.1 Å². The molecule has 0 saturated carbocycles. The van der Waals surface area contributed by atoms with Gasteiger partial charge in [0.2, 0.25) is 0 Å². The van der Waals surface area contributed by atoms with Crippen LogP contribution in [0, 0.1) is 12.8 Å². The van der Waals surface area contributed by atoms with E-state index < -0.39 is 10.1 Å². The van der Waals surface area contributed by atoms with Crippen LogP contribution < -0.4 is 0 Å².